The lowest BCUT2D eigenvalue weighted by atomic mass is 10.1. The van der Waals surface area contributed by atoms with Gasteiger partial charge in [0.25, 0.3) is 0 Å². The van der Waals surface area contributed by atoms with Crippen LogP contribution >= 0.6 is 11.6 Å². The van der Waals surface area contributed by atoms with Crippen molar-refractivity contribution in [3.05, 3.63) is 53.6 Å². The van der Waals surface area contributed by atoms with Crippen LogP contribution < -0.4 is 20.7 Å². The Bertz CT molecular complexity index is 795. The maximum Gasteiger partial charge on any atom is 0.229 e. The summed E-state index contributed by atoms with van der Waals surface area (Å²) in [5, 5.41) is 3.34. The van der Waals surface area contributed by atoms with Gasteiger partial charge < -0.3 is 20.7 Å². The summed E-state index contributed by atoms with van der Waals surface area (Å²) in [6, 6.07) is 14.2. The van der Waals surface area contributed by atoms with Gasteiger partial charge in [0.1, 0.15) is 12.4 Å². The molecule has 0 radical (unpaired) electrons. The van der Waals surface area contributed by atoms with E-state index >= 15 is 0 Å². The second-order valence-corrected chi connectivity index (χ2v) is 6.41. The van der Waals surface area contributed by atoms with Crippen LogP contribution in [0.1, 0.15) is 6.42 Å². The third-order valence-corrected chi connectivity index (χ3v) is 4.47. The number of hydrogen-bond acceptors (Lipinski definition) is 4. The number of anilines is 2. The third-order valence-electron chi connectivity index (χ3n) is 4.15. The Balaban J connectivity index is 1.62. The SMILES string of the molecule is NCCOc1ccc(NC(=O)C2CC(=O)N(c3ccccc3Cl)C2)cc1. The molecule has 1 saturated heterocycles. The predicted molar refractivity (Wildman–Crippen MR) is 102 cm³/mol. The number of carbonyl (C=O) groups excluding carboxylic acids is 2. The lowest BCUT2D eigenvalue weighted by Gasteiger charge is -2.18. The molecule has 1 atom stereocenters. The second-order valence-electron chi connectivity index (χ2n) is 6.01. The predicted octanol–water partition coefficient (Wildman–Crippen LogP) is 2.67. The molecule has 2 amide bonds. The summed E-state index contributed by atoms with van der Waals surface area (Å²) in [6.45, 7) is 1.19. The molecule has 26 heavy (non-hydrogen) atoms. The number of nitrogens with one attached hydrogen (secondary N) is 1. The lowest BCUT2D eigenvalue weighted by molar-refractivity contribution is -0.122. The van der Waals surface area contributed by atoms with Gasteiger partial charge in [-0.15, -0.1) is 0 Å². The Morgan fingerprint density at radius 1 is 1.23 bits per heavy atom. The third kappa shape index (κ3) is 4.15. The highest BCUT2D eigenvalue weighted by Crippen LogP contribution is 2.31. The molecule has 1 unspecified atom stereocenters. The van der Waals surface area contributed by atoms with Crippen LogP contribution in [-0.2, 0) is 9.59 Å². The molecule has 1 aliphatic rings. The maximum atomic E-state index is 12.5. The van der Waals surface area contributed by atoms with Crippen molar-refractivity contribution in [3.8, 4) is 5.75 Å². The number of para-hydroxylation sites is 1. The normalized spacial score (nSPS) is 16.6. The van der Waals surface area contributed by atoms with Crippen molar-refractivity contribution in [1.29, 1.82) is 0 Å². The minimum atomic E-state index is -0.424. The number of halogens is 1. The number of carbonyl (C=O) groups is 2. The highest BCUT2D eigenvalue weighted by molar-refractivity contribution is 6.33. The number of amides is 2. The van der Waals surface area contributed by atoms with Crippen LogP contribution in [-0.4, -0.2) is 31.5 Å². The van der Waals surface area contributed by atoms with Gasteiger partial charge in [0, 0.05) is 25.2 Å². The van der Waals surface area contributed by atoms with Crippen molar-refractivity contribution in [1.82, 2.24) is 0 Å². The number of nitrogens with zero attached hydrogens (tertiary/aromatic N) is 1. The quantitative estimate of drug-likeness (QED) is 0.815. The molecule has 3 N–H and O–H groups in total. The van der Waals surface area contributed by atoms with Crippen molar-refractivity contribution in [2.45, 2.75) is 6.42 Å². The van der Waals surface area contributed by atoms with Crippen molar-refractivity contribution < 1.29 is 14.3 Å². The summed E-state index contributed by atoms with van der Waals surface area (Å²) in [5.41, 5.74) is 6.68. The molecule has 1 heterocycles. The fourth-order valence-corrected chi connectivity index (χ4v) is 3.08. The summed E-state index contributed by atoms with van der Waals surface area (Å²) >= 11 is 6.16. The van der Waals surface area contributed by atoms with Crippen LogP contribution in [0.3, 0.4) is 0 Å². The smallest absolute Gasteiger partial charge is 0.229 e. The van der Waals surface area contributed by atoms with Gasteiger partial charge in [-0.25, -0.2) is 0 Å². The summed E-state index contributed by atoms with van der Waals surface area (Å²) in [5.74, 6) is -0.0337. The second kappa shape index (κ2) is 8.21. The molecule has 136 valence electrons. The minimum Gasteiger partial charge on any atom is -0.492 e. The van der Waals surface area contributed by atoms with E-state index in [2.05, 4.69) is 5.32 Å². The molecular weight excluding hydrogens is 354 g/mol. The average molecular weight is 374 g/mol. The first-order chi connectivity index (χ1) is 12.6. The number of hydrogen-bond donors (Lipinski definition) is 2. The Morgan fingerprint density at radius 3 is 2.65 bits per heavy atom. The van der Waals surface area contributed by atoms with E-state index in [4.69, 9.17) is 22.1 Å². The minimum absolute atomic E-state index is 0.108. The fraction of sp³-hybridized carbons (Fsp3) is 0.263. The standard InChI is InChI=1S/C19H20ClN3O3/c20-16-3-1-2-4-17(16)23-12-13(11-18(23)24)19(25)22-14-5-7-15(8-6-14)26-10-9-21/h1-8,13H,9-12,21H2,(H,22,25). The molecule has 3 rings (SSSR count). The number of nitrogens with two attached hydrogens (primary N) is 1. The zero-order valence-corrected chi connectivity index (χ0v) is 14.9. The van der Waals surface area contributed by atoms with Gasteiger partial charge in [-0.1, -0.05) is 23.7 Å². The molecule has 1 fully saturated rings. The molecule has 0 aliphatic carbocycles. The van der Waals surface area contributed by atoms with E-state index in [1.807, 2.05) is 6.07 Å². The lowest BCUT2D eigenvalue weighted by Crippen LogP contribution is -2.28. The molecule has 0 bridgehead atoms. The van der Waals surface area contributed by atoms with E-state index in [1.165, 1.54) is 0 Å². The van der Waals surface area contributed by atoms with E-state index < -0.39 is 5.92 Å². The zero-order valence-electron chi connectivity index (χ0n) is 14.2. The molecule has 1 aliphatic heterocycles. The van der Waals surface area contributed by atoms with Gasteiger partial charge in [-0.3, -0.25) is 9.59 Å². The monoisotopic (exact) mass is 373 g/mol. The first kappa shape index (κ1) is 18.2. The van der Waals surface area contributed by atoms with Gasteiger partial charge >= 0.3 is 0 Å². The van der Waals surface area contributed by atoms with Crippen LogP contribution in [0.4, 0.5) is 11.4 Å². The molecule has 6 nitrogen and oxygen atoms in total. The van der Waals surface area contributed by atoms with Crippen LogP contribution in [0.25, 0.3) is 0 Å². The highest BCUT2D eigenvalue weighted by atomic mass is 35.5. The fourth-order valence-electron chi connectivity index (χ4n) is 2.84. The summed E-state index contributed by atoms with van der Waals surface area (Å²) in [6.07, 6.45) is 0.161. The summed E-state index contributed by atoms with van der Waals surface area (Å²) < 4.78 is 5.40. The molecule has 0 aromatic heterocycles. The number of ether oxygens (including phenoxy) is 1. The van der Waals surface area contributed by atoms with Crippen LogP contribution in [0, 0.1) is 5.92 Å². The van der Waals surface area contributed by atoms with Crippen molar-refractivity contribution in [2.24, 2.45) is 11.7 Å². The molecule has 2 aromatic rings. The maximum absolute atomic E-state index is 12.5. The van der Waals surface area contributed by atoms with Crippen LogP contribution in [0.5, 0.6) is 5.75 Å². The van der Waals surface area contributed by atoms with Crippen molar-refractivity contribution in [3.63, 3.8) is 0 Å². The molecular formula is C19H20ClN3O3. The first-order valence-corrected chi connectivity index (χ1v) is 8.75. The van der Waals surface area contributed by atoms with E-state index in [-0.39, 0.29) is 18.2 Å². The molecule has 7 heteroatoms. The van der Waals surface area contributed by atoms with E-state index in [9.17, 15) is 9.59 Å². The zero-order chi connectivity index (χ0) is 18.5. The van der Waals surface area contributed by atoms with Gasteiger partial charge in [0.15, 0.2) is 0 Å². The van der Waals surface area contributed by atoms with Gasteiger partial charge in [0.2, 0.25) is 11.8 Å². The topological polar surface area (TPSA) is 84.7 Å². The molecule has 0 saturated carbocycles. The first-order valence-electron chi connectivity index (χ1n) is 8.37. The average Bonchev–Trinajstić information content (AvgIpc) is 3.03. The van der Waals surface area contributed by atoms with Crippen LogP contribution in [0.2, 0.25) is 5.02 Å². The Labute approximate surface area is 156 Å². The Kier molecular flexibility index (Phi) is 5.75. The van der Waals surface area contributed by atoms with Crippen molar-refractivity contribution >= 4 is 34.8 Å². The number of benzene rings is 2. The summed E-state index contributed by atoms with van der Waals surface area (Å²) in [7, 11) is 0. The number of rotatable bonds is 6. The molecule has 2 aromatic carbocycles. The molecule has 0 spiro atoms. The van der Waals surface area contributed by atoms with Gasteiger partial charge in [-0.05, 0) is 36.4 Å². The summed E-state index contributed by atoms with van der Waals surface area (Å²) in [4.78, 5) is 26.4. The highest BCUT2D eigenvalue weighted by Gasteiger charge is 2.35. The van der Waals surface area contributed by atoms with E-state index in [0.29, 0.717) is 41.8 Å². The van der Waals surface area contributed by atoms with Gasteiger partial charge in [-0.2, -0.15) is 0 Å². The van der Waals surface area contributed by atoms with E-state index in [1.54, 1.807) is 47.4 Å². The van der Waals surface area contributed by atoms with Crippen molar-refractivity contribution in [2.75, 3.05) is 29.9 Å². The van der Waals surface area contributed by atoms with Gasteiger partial charge in [0.05, 0.1) is 16.6 Å². The Hall–Kier alpha value is -2.57. The largest absolute Gasteiger partial charge is 0.492 e. The Morgan fingerprint density at radius 2 is 1.96 bits per heavy atom. The van der Waals surface area contributed by atoms with E-state index in [0.717, 1.165) is 0 Å². The van der Waals surface area contributed by atoms with Crippen LogP contribution in [0.15, 0.2) is 48.5 Å².